The van der Waals surface area contributed by atoms with Gasteiger partial charge in [-0.05, 0) is 12.2 Å². The van der Waals surface area contributed by atoms with Gasteiger partial charge in [-0.2, -0.15) is 0 Å². The number of ether oxygens (including phenoxy) is 1. The average Bonchev–Trinajstić information content (AvgIpc) is 2.82. The molecule has 1 amide bonds. The van der Waals surface area contributed by atoms with Crippen molar-refractivity contribution < 1.29 is 28.5 Å². The summed E-state index contributed by atoms with van der Waals surface area (Å²) in [6, 6.07) is 2.20. The molecule has 14 heteroatoms. The van der Waals surface area contributed by atoms with Crippen molar-refractivity contribution in [3.05, 3.63) is 35.7 Å². The summed E-state index contributed by atoms with van der Waals surface area (Å²) in [5, 5.41) is 24.7. The van der Waals surface area contributed by atoms with Crippen LogP contribution >= 0.6 is 12.2 Å². The number of benzene rings is 1. The number of amides is 1. The van der Waals surface area contributed by atoms with Crippen molar-refractivity contribution in [2.45, 2.75) is 6.10 Å². The van der Waals surface area contributed by atoms with Crippen LogP contribution in [0, 0.1) is 11.6 Å². The summed E-state index contributed by atoms with van der Waals surface area (Å²) in [6.07, 6.45) is 0.359. The molecule has 1 heterocycles. The number of rotatable bonds is 10. The number of carbonyl (C=O) groups is 1. The van der Waals surface area contributed by atoms with E-state index in [0.29, 0.717) is 0 Å². The highest BCUT2D eigenvalue weighted by Crippen LogP contribution is 2.29. The Labute approximate surface area is 201 Å². The standard InChI is InChI=1S/C20H31F2N7O4S/c1-33-20(34)26-8-13(23)11-29(24)14-6-16(21)19(17(22)7-14)28-4-2-27(3-5-28)18(32)10-25-9-15(31)12-30/h6-7,11,15,25,30-31H,2-5,8-10,12,23-24H2,1H3,(H,26,34)/b13-11-. The number of hydrogen-bond acceptors (Lipinski definition) is 10. The fourth-order valence-corrected chi connectivity index (χ4v) is 3.32. The summed E-state index contributed by atoms with van der Waals surface area (Å²) < 4.78 is 34.4. The lowest BCUT2D eigenvalue weighted by Crippen LogP contribution is -2.51. The summed E-state index contributed by atoms with van der Waals surface area (Å²) in [7, 11) is 1.40. The molecule has 2 rings (SSSR count). The van der Waals surface area contributed by atoms with Crippen molar-refractivity contribution in [2.75, 3.05) is 69.4 Å². The maximum absolute atomic E-state index is 14.8. The van der Waals surface area contributed by atoms with Crippen LogP contribution in [-0.2, 0) is 9.53 Å². The number of hydrogen-bond donors (Lipinski definition) is 6. The molecule has 1 aliphatic heterocycles. The van der Waals surface area contributed by atoms with Crippen LogP contribution in [0.2, 0.25) is 0 Å². The van der Waals surface area contributed by atoms with E-state index in [1.165, 1.54) is 18.2 Å². The van der Waals surface area contributed by atoms with E-state index in [0.717, 1.165) is 17.1 Å². The van der Waals surface area contributed by atoms with Crippen LogP contribution in [0.5, 0.6) is 0 Å². The zero-order valence-corrected chi connectivity index (χ0v) is 19.7. The van der Waals surface area contributed by atoms with E-state index in [-0.39, 0.29) is 74.0 Å². The molecule has 1 saturated heterocycles. The summed E-state index contributed by atoms with van der Waals surface area (Å²) in [6.45, 7) is 0.840. The molecule has 190 valence electrons. The maximum atomic E-state index is 14.8. The maximum Gasteiger partial charge on any atom is 0.256 e. The monoisotopic (exact) mass is 503 g/mol. The summed E-state index contributed by atoms with van der Waals surface area (Å²) in [4.78, 5) is 15.3. The molecule has 0 aliphatic carbocycles. The zero-order chi connectivity index (χ0) is 25.3. The van der Waals surface area contributed by atoms with E-state index in [4.69, 9.17) is 33.6 Å². The molecule has 1 aromatic carbocycles. The smallest absolute Gasteiger partial charge is 0.256 e. The largest absolute Gasteiger partial charge is 0.474 e. The molecule has 0 saturated carbocycles. The van der Waals surface area contributed by atoms with Gasteiger partial charge >= 0.3 is 0 Å². The molecular weight excluding hydrogens is 472 g/mol. The van der Waals surface area contributed by atoms with Crippen molar-refractivity contribution >= 4 is 34.7 Å². The van der Waals surface area contributed by atoms with Gasteiger partial charge < -0.3 is 41.1 Å². The van der Waals surface area contributed by atoms with E-state index in [9.17, 15) is 18.7 Å². The van der Waals surface area contributed by atoms with E-state index in [1.54, 1.807) is 4.90 Å². The molecule has 1 fully saturated rings. The molecule has 0 radical (unpaired) electrons. The molecule has 0 aromatic heterocycles. The zero-order valence-electron chi connectivity index (χ0n) is 18.8. The quantitative estimate of drug-likeness (QED) is 0.126. The summed E-state index contributed by atoms with van der Waals surface area (Å²) >= 11 is 4.84. The number of nitrogens with one attached hydrogen (secondary N) is 2. The Morgan fingerprint density at radius 3 is 2.47 bits per heavy atom. The number of piperazine rings is 1. The molecule has 1 unspecified atom stereocenters. The van der Waals surface area contributed by atoms with Gasteiger partial charge in [0.15, 0.2) is 11.6 Å². The predicted molar refractivity (Wildman–Crippen MR) is 128 cm³/mol. The van der Waals surface area contributed by atoms with Crippen LogP contribution < -0.4 is 32.1 Å². The van der Waals surface area contributed by atoms with E-state index < -0.39 is 24.3 Å². The van der Waals surface area contributed by atoms with Gasteiger partial charge in [0, 0.05) is 56.8 Å². The molecule has 11 nitrogen and oxygen atoms in total. The van der Waals surface area contributed by atoms with Crippen LogP contribution in [0.25, 0.3) is 0 Å². The van der Waals surface area contributed by atoms with Crippen LogP contribution in [0.4, 0.5) is 20.2 Å². The normalized spacial score (nSPS) is 15.2. The second-order valence-electron chi connectivity index (χ2n) is 7.55. The first-order valence-electron chi connectivity index (χ1n) is 10.5. The Morgan fingerprint density at radius 2 is 1.91 bits per heavy atom. The SMILES string of the molecule is COC(=S)NC/C(N)=C/N(N)c1cc(F)c(N2CCN(C(=O)CNCC(O)CO)CC2)c(F)c1. The Balaban J connectivity index is 1.96. The predicted octanol–water partition coefficient (Wildman–Crippen LogP) is -1.44. The Morgan fingerprint density at radius 1 is 1.29 bits per heavy atom. The van der Waals surface area contributed by atoms with Crippen LogP contribution in [0.1, 0.15) is 0 Å². The van der Waals surface area contributed by atoms with E-state index >= 15 is 0 Å². The molecule has 0 bridgehead atoms. The number of hydrazine groups is 1. The number of nitrogens with two attached hydrogens (primary N) is 2. The van der Waals surface area contributed by atoms with Crippen molar-refractivity contribution in [1.82, 2.24) is 15.5 Å². The van der Waals surface area contributed by atoms with Gasteiger partial charge in [0.2, 0.25) is 5.91 Å². The minimum Gasteiger partial charge on any atom is -0.474 e. The number of aliphatic hydroxyl groups is 2. The fraction of sp³-hybridized carbons (Fsp3) is 0.500. The lowest BCUT2D eigenvalue weighted by Gasteiger charge is -2.36. The first kappa shape index (κ1) is 27.5. The number of methoxy groups -OCH3 is 1. The highest BCUT2D eigenvalue weighted by Gasteiger charge is 2.25. The number of anilines is 2. The van der Waals surface area contributed by atoms with Gasteiger partial charge in [-0.15, -0.1) is 0 Å². The molecule has 1 aromatic rings. The third-order valence-electron chi connectivity index (χ3n) is 5.04. The molecule has 1 aliphatic rings. The molecule has 0 spiro atoms. The Kier molecular flexibility index (Phi) is 10.7. The highest BCUT2D eigenvalue weighted by atomic mass is 32.1. The van der Waals surface area contributed by atoms with Gasteiger partial charge in [-0.1, -0.05) is 0 Å². The molecule has 34 heavy (non-hydrogen) atoms. The van der Waals surface area contributed by atoms with E-state index in [2.05, 4.69) is 10.6 Å². The highest BCUT2D eigenvalue weighted by molar-refractivity contribution is 7.80. The van der Waals surface area contributed by atoms with Crippen LogP contribution in [0.15, 0.2) is 24.0 Å². The number of aliphatic hydroxyl groups excluding tert-OH is 2. The Bertz CT molecular complexity index is 861. The first-order valence-corrected chi connectivity index (χ1v) is 10.9. The second kappa shape index (κ2) is 13.2. The van der Waals surface area contributed by atoms with E-state index in [1.807, 2.05) is 0 Å². The van der Waals surface area contributed by atoms with Crippen LogP contribution in [-0.4, -0.2) is 91.8 Å². The molecule has 1 atom stereocenters. The second-order valence-corrected chi connectivity index (χ2v) is 7.92. The Hall–Kier alpha value is -2.78. The number of halogens is 2. The van der Waals surface area contributed by atoms with Gasteiger partial charge in [0.1, 0.15) is 5.69 Å². The van der Waals surface area contributed by atoms with Crippen molar-refractivity contribution in [3.63, 3.8) is 0 Å². The van der Waals surface area contributed by atoms with Gasteiger partial charge in [-0.3, -0.25) is 9.80 Å². The minimum absolute atomic E-state index is 0.00968. The molecule has 8 N–H and O–H groups in total. The van der Waals surface area contributed by atoms with Gasteiger partial charge in [0.25, 0.3) is 5.17 Å². The number of nitrogens with zero attached hydrogens (tertiary/aromatic N) is 3. The van der Waals surface area contributed by atoms with Crippen molar-refractivity contribution in [3.8, 4) is 0 Å². The van der Waals surface area contributed by atoms with Crippen molar-refractivity contribution in [2.24, 2.45) is 11.6 Å². The minimum atomic E-state index is -0.944. The van der Waals surface area contributed by atoms with Gasteiger partial charge in [-0.25, -0.2) is 14.6 Å². The van der Waals surface area contributed by atoms with Gasteiger partial charge in [0.05, 0.1) is 38.6 Å². The molecular formula is C20H31F2N7O4S. The lowest BCUT2D eigenvalue weighted by molar-refractivity contribution is -0.130. The van der Waals surface area contributed by atoms with Crippen LogP contribution in [0.3, 0.4) is 0 Å². The van der Waals surface area contributed by atoms with Crippen molar-refractivity contribution in [1.29, 1.82) is 0 Å². The lowest BCUT2D eigenvalue weighted by atomic mass is 10.2. The third-order valence-corrected chi connectivity index (χ3v) is 5.35. The fourth-order valence-electron chi connectivity index (χ4n) is 3.25. The summed E-state index contributed by atoms with van der Waals surface area (Å²) in [5.74, 6) is 4.08. The average molecular weight is 504 g/mol. The topological polar surface area (TPSA) is 153 Å². The number of carbonyl (C=O) groups excluding carboxylic acids is 1. The summed E-state index contributed by atoms with van der Waals surface area (Å²) in [5.41, 5.74) is 5.95. The third kappa shape index (κ3) is 7.92. The first-order chi connectivity index (χ1) is 16.2. The number of thiocarbonyl (C=S) groups is 1.